The van der Waals surface area contributed by atoms with Gasteiger partial charge in [0.25, 0.3) is 0 Å². The van der Waals surface area contributed by atoms with E-state index in [0.29, 0.717) is 18.5 Å². The summed E-state index contributed by atoms with van der Waals surface area (Å²) in [6.07, 6.45) is -3.98. The number of rotatable bonds is 4. The number of benzene rings is 2. The largest absolute Gasteiger partial charge is 0.417 e. The van der Waals surface area contributed by atoms with E-state index in [0.717, 1.165) is 17.7 Å². The SMILES string of the molecule is Cc1ccc(NC(=O)C2(C(=O)Nc3ccc(Cl)c(C(F)(F)F)c3)CC2)cc1. The van der Waals surface area contributed by atoms with Crippen molar-refractivity contribution in [3.63, 3.8) is 0 Å². The van der Waals surface area contributed by atoms with Crippen molar-refractivity contribution in [2.45, 2.75) is 25.9 Å². The van der Waals surface area contributed by atoms with Crippen LogP contribution in [0.5, 0.6) is 0 Å². The van der Waals surface area contributed by atoms with Crippen molar-refractivity contribution >= 4 is 34.8 Å². The molecule has 2 aromatic carbocycles. The molecule has 1 aliphatic carbocycles. The average Bonchev–Trinajstić information content (AvgIpc) is 3.39. The molecule has 142 valence electrons. The summed E-state index contributed by atoms with van der Waals surface area (Å²) in [5.41, 5.74) is -0.809. The second-order valence-electron chi connectivity index (χ2n) is 6.55. The molecule has 0 aromatic heterocycles. The summed E-state index contributed by atoms with van der Waals surface area (Å²) in [6, 6.07) is 10.2. The predicted molar refractivity (Wildman–Crippen MR) is 96.6 cm³/mol. The normalized spacial score (nSPS) is 15.1. The number of hydrogen-bond donors (Lipinski definition) is 2. The average molecular weight is 397 g/mol. The Balaban J connectivity index is 1.74. The number of carbonyl (C=O) groups is 2. The van der Waals surface area contributed by atoms with Gasteiger partial charge in [-0.05, 0) is 50.1 Å². The standard InChI is InChI=1S/C19H16ClF3N2O2/c1-11-2-4-12(5-3-11)24-16(26)18(8-9-18)17(27)25-13-6-7-15(20)14(10-13)19(21,22)23/h2-7,10H,8-9H2,1H3,(H,24,26)(H,25,27). The van der Waals surface area contributed by atoms with E-state index in [9.17, 15) is 22.8 Å². The fraction of sp³-hybridized carbons (Fsp3) is 0.263. The number of aryl methyl sites for hydroxylation is 1. The maximum Gasteiger partial charge on any atom is 0.417 e. The first kappa shape index (κ1) is 19.2. The molecule has 2 N–H and O–H groups in total. The van der Waals surface area contributed by atoms with Crippen molar-refractivity contribution in [2.75, 3.05) is 10.6 Å². The molecule has 0 bridgehead atoms. The number of anilines is 2. The second kappa shape index (κ2) is 6.88. The van der Waals surface area contributed by atoms with Gasteiger partial charge in [0, 0.05) is 11.4 Å². The van der Waals surface area contributed by atoms with Crippen LogP contribution < -0.4 is 10.6 Å². The van der Waals surface area contributed by atoms with E-state index in [-0.39, 0.29) is 5.69 Å². The fourth-order valence-electron chi connectivity index (χ4n) is 2.64. The van der Waals surface area contributed by atoms with Gasteiger partial charge < -0.3 is 10.6 Å². The topological polar surface area (TPSA) is 58.2 Å². The van der Waals surface area contributed by atoms with Gasteiger partial charge in [-0.2, -0.15) is 13.2 Å². The predicted octanol–water partition coefficient (Wildman–Crippen LogP) is 5.02. The molecule has 2 aromatic rings. The summed E-state index contributed by atoms with van der Waals surface area (Å²) in [4.78, 5) is 25.1. The summed E-state index contributed by atoms with van der Waals surface area (Å²) in [7, 11) is 0. The summed E-state index contributed by atoms with van der Waals surface area (Å²) in [6.45, 7) is 1.91. The highest BCUT2D eigenvalue weighted by Gasteiger charge is 2.56. The van der Waals surface area contributed by atoms with Gasteiger partial charge in [0.15, 0.2) is 0 Å². The molecular formula is C19H16ClF3N2O2. The first-order valence-electron chi connectivity index (χ1n) is 8.18. The van der Waals surface area contributed by atoms with E-state index < -0.39 is 34.0 Å². The summed E-state index contributed by atoms with van der Waals surface area (Å²) in [5, 5.41) is 4.62. The van der Waals surface area contributed by atoms with Gasteiger partial charge in [-0.3, -0.25) is 9.59 Å². The molecule has 0 unspecified atom stereocenters. The molecule has 3 rings (SSSR count). The van der Waals surface area contributed by atoms with Crippen LogP contribution >= 0.6 is 11.6 Å². The Hall–Kier alpha value is -2.54. The molecule has 8 heteroatoms. The van der Waals surface area contributed by atoms with Crippen molar-refractivity contribution in [1.82, 2.24) is 0 Å². The van der Waals surface area contributed by atoms with Gasteiger partial charge in [0.05, 0.1) is 10.6 Å². The first-order valence-corrected chi connectivity index (χ1v) is 8.56. The molecule has 2 amide bonds. The van der Waals surface area contributed by atoms with Gasteiger partial charge in [-0.25, -0.2) is 0 Å². The molecule has 0 heterocycles. The van der Waals surface area contributed by atoms with Crippen molar-refractivity contribution in [3.8, 4) is 0 Å². The highest BCUT2D eigenvalue weighted by atomic mass is 35.5. The Morgan fingerprint density at radius 2 is 1.48 bits per heavy atom. The lowest BCUT2D eigenvalue weighted by Crippen LogP contribution is -2.35. The Morgan fingerprint density at radius 1 is 0.963 bits per heavy atom. The fourth-order valence-corrected chi connectivity index (χ4v) is 2.87. The molecule has 0 aliphatic heterocycles. The lowest BCUT2D eigenvalue weighted by Gasteiger charge is -2.17. The summed E-state index contributed by atoms with van der Waals surface area (Å²) in [5.74, 6) is -1.11. The Kier molecular flexibility index (Phi) is 4.90. The molecule has 1 aliphatic rings. The van der Waals surface area contributed by atoms with Gasteiger partial charge >= 0.3 is 6.18 Å². The van der Waals surface area contributed by atoms with E-state index in [4.69, 9.17) is 11.6 Å². The molecular weight excluding hydrogens is 381 g/mol. The van der Waals surface area contributed by atoms with E-state index >= 15 is 0 Å². The number of nitrogens with one attached hydrogen (secondary N) is 2. The van der Waals surface area contributed by atoms with Gasteiger partial charge in [-0.1, -0.05) is 29.3 Å². The molecule has 1 fully saturated rings. The zero-order valence-electron chi connectivity index (χ0n) is 14.3. The zero-order valence-corrected chi connectivity index (χ0v) is 15.0. The maximum atomic E-state index is 13.0. The van der Waals surface area contributed by atoms with Crippen LogP contribution in [0.1, 0.15) is 24.0 Å². The quantitative estimate of drug-likeness (QED) is 0.712. The maximum absolute atomic E-state index is 13.0. The van der Waals surface area contributed by atoms with Crippen LogP contribution in [0, 0.1) is 12.3 Å². The summed E-state index contributed by atoms with van der Waals surface area (Å²) >= 11 is 5.57. The van der Waals surface area contributed by atoms with Crippen molar-refractivity contribution in [1.29, 1.82) is 0 Å². The van der Waals surface area contributed by atoms with E-state index in [1.165, 1.54) is 6.07 Å². The van der Waals surface area contributed by atoms with Gasteiger partial charge in [-0.15, -0.1) is 0 Å². The molecule has 0 saturated heterocycles. The van der Waals surface area contributed by atoms with E-state index in [2.05, 4.69) is 10.6 Å². The third-order valence-electron chi connectivity index (χ3n) is 4.46. The van der Waals surface area contributed by atoms with Crippen LogP contribution in [0.15, 0.2) is 42.5 Å². The van der Waals surface area contributed by atoms with Crippen LogP contribution in [0.25, 0.3) is 0 Å². The molecule has 0 atom stereocenters. The van der Waals surface area contributed by atoms with Crippen molar-refractivity contribution in [2.24, 2.45) is 5.41 Å². The van der Waals surface area contributed by atoms with Crippen LogP contribution in [-0.2, 0) is 15.8 Å². The number of carbonyl (C=O) groups excluding carboxylic acids is 2. The number of hydrogen-bond acceptors (Lipinski definition) is 2. The Bertz CT molecular complexity index is 891. The highest BCUT2D eigenvalue weighted by molar-refractivity contribution is 6.31. The van der Waals surface area contributed by atoms with Crippen LogP contribution in [0.4, 0.5) is 24.5 Å². The molecule has 27 heavy (non-hydrogen) atoms. The lowest BCUT2D eigenvalue weighted by atomic mass is 10.0. The first-order chi connectivity index (χ1) is 12.6. The third kappa shape index (κ3) is 4.08. The van der Waals surface area contributed by atoms with Gasteiger partial charge in [0.2, 0.25) is 11.8 Å². The smallest absolute Gasteiger partial charge is 0.325 e. The minimum atomic E-state index is -4.64. The minimum Gasteiger partial charge on any atom is -0.325 e. The Labute approximate surface area is 158 Å². The van der Waals surface area contributed by atoms with Gasteiger partial charge in [0.1, 0.15) is 5.41 Å². The minimum absolute atomic E-state index is 0.0638. The molecule has 0 spiro atoms. The molecule has 4 nitrogen and oxygen atoms in total. The number of amides is 2. The summed E-state index contributed by atoms with van der Waals surface area (Å²) < 4.78 is 38.9. The molecule has 1 saturated carbocycles. The van der Waals surface area contributed by atoms with E-state index in [1.807, 2.05) is 19.1 Å². The van der Waals surface area contributed by atoms with E-state index in [1.54, 1.807) is 12.1 Å². The molecule has 0 radical (unpaired) electrons. The third-order valence-corrected chi connectivity index (χ3v) is 4.79. The highest BCUT2D eigenvalue weighted by Crippen LogP contribution is 2.47. The van der Waals surface area contributed by atoms with Crippen LogP contribution in [0.3, 0.4) is 0 Å². The lowest BCUT2D eigenvalue weighted by molar-refractivity contribution is -0.137. The zero-order chi connectivity index (χ0) is 19.8. The van der Waals surface area contributed by atoms with Crippen LogP contribution in [-0.4, -0.2) is 11.8 Å². The number of alkyl halides is 3. The van der Waals surface area contributed by atoms with Crippen molar-refractivity contribution in [3.05, 3.63) is 58.6 Å². The van der Waals surface area contributed by atoms with Crippen molar-refractivity contribution < 1.29 is 22.8 Å². The second-order valence-corrected chi connectivity index (χ2v) is 6.96. The number of halogens is 4. The monoisotopic (exact) mass is 396 g/mol. The Morgan fingerprint density at radius 3 is 2.00 bits per heavy atom. The van der Waals surface area contributed by atoms with Crippen LogP contribution in [0.2, 0.25) is 5.02 Å².